The molecule has 5 heteroatoms. The van der Waals surface area contributed by atoms with E-state index in [1.54, 1.807) is 25.3 Å². The van der Waals surface area contributed by atoms with Crippen LogP contribution in [0.1, 0.15) is 29.6 Å². The van der Waals surface area contributed by atoms with Crippen LogP contribution >= 0.6 is 15.9 Å². The van der Waals surface area contributed by atoms with Gasteiger partial charge in [0, 0.05) is 16.9 Å². The summed E-state index contributed by atoms with van der Waals surface area (Å²) in [6.07, 6.45) is 2.57. The third kappa shape index (κ3) is 3.48. The van der Waals surface area contributed by atoms with Crippen molar-refractivity contribution in [3.8, 4) is 5.75 Å². The summed E-state index contributed by atoms with van der Waals surface area (Å²) >= 11 is 3.36. The van der Waals surface area contributed by atoms with Gasteiger partial charge in [0.1, 0.15) is 5.75 Å². The summed E-state index contributed by atoms with van der Waals surface area (Å²) < 4.78 is 5.80. The molecule has 1 fully saturated rings. The number of ether oxygens (including phenoxy) is 1. The van der Waals surface area contributed by atoms with Crippen LogP contribution in [0.4, 0.5) is 0 Å². The van der Waals surface area contributed by atoms with E-state index in [-0.39, 0.29) is 17.9 Å². The number of hydrogen-bond donors (Lipinski definition) is 2. The average Bonchev–Trinajstić information content (AvgIpc) is 2.81. The largest absolute Gasteiger partial charge is 0.497 e. The molecular weight excluding hydrogens is 310 g/mol. The molecule has 1 aliphatic rings. The second-order valence-electron chi connectivity index (χ2n) is 4.81. The lowest BCUT2D eigenvalue weighted by molar-refractivity contribution is 0.0916. The Morgan fingerprint density at radius 3 is 2.89 bits per heavy atom. The van der Waals surface area contributed by atoms with Crippen molar-refractivity contribution >= 4 is 21.8 Å². The molecule has 0 spiro atoms. The Morgan fingerprint density at radius 1 is 1.53 bits per heavy atom. The molecular formula is C14H18BrNO3. The third-order valence-electron chi connectivity index (χ3n) is 3.56. The number of aliphatic hydroxyl groups is 1. The molecule has 104 valence electrons. The number of carbonyl (C=O) groups excluding carboxylic acids is 1. The van der Waals surface area contributed by atoms with Crippen LogP contribution in [-0.2, 0) is 0 Å². The molecule has 1 amide bonds. The fourth-order valence-electron chi connectivity index (χ4n) is 2.38. The number of nitrogens with one attached hydrogen (secondary N) is 1. The van der Waals surface area contributed by atoms with E-state index in [2.05, 4.69) is 21.2 Å². The van der Waals surface area contributed by atoms with Crippen molar-refractivity contribution in [2.75, 3.05) is 13.7 Å². The van der Waals surface area contributed by atoms with E-state index in [4.69, 9.17) is 4.74 Å². The van der Waals surface area contributed by atoms with Crippen LogP contribution in [0, 0.1) is 5.92 Å². The Kier molecular flexibility index (Phi) is 4.82. The highest BCUT2D eigenvalue weighted by molar-refractivity contribution is 9.10. The molecule has 2 unspecified atom stereocenters. The van der Waals surface area contributed by atoms with Crippen molar-refractivity contribution in [2.45, 2.75) is 25.4 Å². The number of rotatable bonds is 4. The van der Waals surface area contributed by atoms with Crippen molar-refractivity contribution < 1.29 is 14.6 Å². The maximum atomic E-state index is 12.1. The first-order chi connectivity index (χ1) is 9.11. The molecule has 4 nitrogen and oxygen atoms in total. The molecule has 0 heterocycles. The van der Waals surface area contributed by atoms with Gasteiger partial charge < -0.3 is 15.2 Å². The summed E-state index contributed by atoms with van der Waals surface area (Å²) in [5.74, 6) is 0.754. The molecule has 1 aromatic carbocycles. The summed E-state index contributed by atoms with van der Waals surface area (Å²) in [5, 5.41) is 12.6. The Morgan fingerprint density at radius 2 is 2.32 bits per heavy atom. The second-order valence-corrected chi connectivity index (χ2v) is 5.67. The smallest absolute Gasteiger partial charge is 0.252 e. The van der Waals surface area contributed by atoms with Crippen LogP contribution in [0.15, 0.2) is 22.7 Å². The quantitative estimate of drug-likeness (QED) is 0.892. The predicted octanol–water partition coefficient (Wildman–Crippen LogP) is 2.35. The van der Waals surface area contributed by atoms with Crippen LogP contribution in [0.25, 0.3) is 0 Å². The van der Waals surface area contributed by atoms with Gasteiger partial charge in [-0.1, -0.05) is 6.42 Å². The van der Waals surface area contributed by atoms with E-state index in [0.717, 1.165) is 19.3 Å². The fourth-order valence-corrected chi connectivity index (χ4v) is 2.92. The summed E-state index contributed by atoms with van der Waals surface area (Å²) in [7, 11) is 1.59. The first-order valence-electron chi connectivity index (χ1n) is 6.41. The van der Waals surface area contributed by atoms with E-state index >= 15 is 0 Å². The molecule has 1 aromatic rings. The average molecular weight is 328 g/mol. The highest BCUT2D eigenvalue weighted by Crippen LogP contribution is 2.25. The number of halogens is 1. The normalized spacial score (nSPS) is 22.3. The summed E-state index contributed by atoms with van der Waals surface area (Å²) in [5.41, 5.74) is 0.577. The predicted molar refractivity (Wildman–Crippen MR) is 76.4 cm³/mol. The Labute approximate surface area is 121 Å². The third-order valence-corrected chi connectivity index (χ3v) is 4.22. The molecule has 0 aromatic heterocycles. The monoisotopic (exact) mass is 327 g/mol. The van der Waals surface area contributed by atoms with Gasteiger partial charge in [-0.3, -0.25) is 4.79 Å². The minimum Gasteiger partial charge on any atom is -0.497 e. The van der Waals surface area contributed by atoms with E-state index in [1.165, 1.54) is 0 Å². The van der Waals surface area contributed by atoms with Crippen molar-refractivity contribution in [1.29, 1.82) is 0 Å². The SMILES string of the molecule is COc1ccc(C(=O)NCC2CCCC2O)c(Br)c1. The molecule has 1 aliphatic carbocycles. The van der Waals surface area contributed by atoms with Gasteiger partial charge in [0.2, 0.25) is 0 Å². The zero-order valence-corrected chi connectivity index (χ0v) is 12.4. The van der Waals surface area contributed by atoms with Gasteiger partial charge >= 0.3 is 0 Å². The van der Waals surface area contributed by atoms with Crippen LogP contribution in [-0.4, -0.2) is 30.8 Å². The van der Waals surface area contributed by atoms with E-state index < -0.39 is 0 Å². The molecule has 0 radical (unpaired) electrons. The van der Waals surface area contributed by atoms with Crippen LogP contribution in [0.5, 0.6) is 5.75 Å². The van der Waals surface area contributed by atoms with Crippen molar-refractivity contribution in [3.05, 3.63) is 28.2 Å². The first-order valence-corrected chi connectivity index (χ1v) is 7.21. The zero-order valence-electron chi connectivity index (χ0n) is 10.9. The maximum Gasteiger partial charge on any atom is 0.252 e. The van der Waals surface area contributed by atoms with Gasteiger partial charge in [-0.2, -0.15) is 0 Å². The second kappa shape index (κ2) is 6.39. The molecule has 2 rings (SSSR count). The topological polar surface area (TPSA) is 58.6 Å². The Hall–Kier alpha value is -1.07. The molecule has 1 saturated carbocycles. The van der Waals surface area contributed by atoms with E-state index in [0.29, 0.717) is 22.3 Å². The minimum absolute atomic E-state index is 0.131. The number of carbonyl (C=O) groups is 1. The van der Waals surface area contributed by atoms with Gasteiger partial charge in [-0.25, -0.2) is 0 Å². The van der Waals surface area contributed by atoms with Crippen molar-refractivity contribution in [2.24, 2.45) is 5.92 Å². The first kappa shape index (κ1) is 14.3. The van der Waals surface area contributed by atoms with Crippen molar-refractivity contribution in [1.82, 2.24) is 5.32 Å². The Balaban J connectivity index is 1.96. The number of benzene rings is 1. The Bertz CT molecular complexity index is 464. The lowest BCUT2D eigenvalue weighted by Gasteiger charge is -2.15. The summed E-state index contributed by atoms with van der Waals surface area (Å²) in [6.45, 7) is 0.526. The summed E-state index contributed by atoms with van der Waals surface area (Å²) in [4.78, 5) is 12.1. The number of methoxy groups -OCH3 is 1. The molecule has 0 aliphatic heterocycles. The van der Waals surface area contributed by atoms with Crippen molar-refractivity contribution in [3.63, 3.8) is 0 Å². The minimum atomic E-state index is -0.278. The zero-order chi connectivity index (χ0) is 13.8. The van der Waals surface area contributed by atoms with E-state index in [1.807, 2.05) is 0 Å². The standard InChI is InChI=1S/C14H18BrNO3/c1-19-10-5-6-11(12(15)7-10)14(18)16-8-9-3-2-4-13(9)17/h5-7,9,13,17H,2-4,8H2,1H3,(H,16,18). The van der Waals surface area contributed by atoms with Crippen LogP contribution in [0.2, 0.25) is 0 Å². The molecule has 19 heavy (non-hydrogen) atoms. The van der Waals surface area contributed by atoms with Gasteiger partial charge in [0.15, 0.2) is 0 Å². The fraction of sp³-hybridized carbons (Fsp3) is 0.500. The molecule has 2 N–H and O–H groups in total. The van der Waals surface area contributed by atoms with Crippen LogP contribution < -0.4 is 10.1 Å². The lowest BCUT2D eigenvalue weighted by atomic mass is 10.1. The summed E-state index contributed by atoms with van der Waals surface area (Å²) in [6, 6.07) is 5.24. The van der Waals surface area contributed by atoms with Gasteiger partial charge in [0.05, 0.1) is 18.8 Å². The number of amides is 1. The highest BCUT2D eigenvalue weighted by Gasteiger charge is 2.25. The van der Waals surface area contributed by atoms with Gasteiger partial charge in [-0.05, 0) is 47.0 Å². The number of aliphatic hydroxyl groups excluding tert-OH is 1. The number of hydrogen-bond acceptors (Lipinski definition) is 3. The maximum absolute atomic E-state index is 12.1. The van der Waals surface area contributed by atoms with E-state index in [9.17, 15) is 9.90 Å². The molecule has 0 bridgehead atoms. The lowest BCUT2D eigenvalue weighted by Crippen LogP contribution is -2.32. The molecule has 2 atom stereocenters. The van der Waals surface area contributed by atoms with Crippen LogP contribution in [0.3, 0.4) is 0 Å². The van der Waals surface area contributed by atoms with Gasteiger partial charge in [-0.15, -0.1) is 0 Å². The van der Waals surface area contributed by atoms with Gasteiger partial charge in [0.25, 0.3) is 5.91 Å². The molecule has 0 saturated heterocycles. The highest BCUT2D eigenvalue weighted by atomic mass is 79.9.